The van der Waals surface area contributed by atoms with Crippen molar-refractivity contribution in [1.82, 2.24) is 9.88 Å². The minimum atomic E-state index is -0.347. The van der Waals surface area contributed by atoms with Crippen molar-refractivity contribution in [3.05, 3.63) is 10.6 Å². The molecule has 0 saturated carbocycles. The molecule has 0 aromatic carbocycles. The van der Waals surface area contributed by atoms with Crippen LogP contribution in [0.4, 0.5) is 5.13 Å². The summed E-state index contributed by atoms with van der Waals surface area (Å²) in [6.07, 6.45) is 2.69. The van der Waals surface area contributed by atoms with E-state index in [9.17, 15) is 9.59 Å². The van der Waals surface area contributed by atoms with E-state index in [-0.39, 0.29) is 17.9 Å². The third-order valence-electron chi connectivity index (χ3n) is 4.12. The molecule has 0 aliphatic carbocycles. The summed E-state index contributed by atoms with van der Waals surface area (Å²) in [5, 5.41) is 3.48. The number of anilines is 1. The molecule has 1 aromatic heterocycles. The fraction of sp³-hybridized carbons (Fsp3) is 0.688. The highest BCUT2D eigenvalue weighted by Crippen LogP contribution is 2.29. The molecule has 1 aromatic rings. The van der Waals surface area contributed by atoms with Gasteiger partial charge in [0.25, 0.3) is 5.91 Å². The largest absolute Gasteiger partial charge is 0.368 e. The number of aromatic nitrogens is 1. The zero-order valence-electron chi connectivity index (χ0n) is 13.6. The molecule has 7 heteroatoms. The molecule has 0 radical (unpaired) electrons. The zero-order chi connectivity index (χ0) is 16.4. The minimum absolute atomic E-state index is 0.110. The topological polar surface area (TPSA) is 71.5 Å². The summed E-state index contributed by atoms with van der Waals surface area (Å²) in [7, 11) is 0. The first kappa shape index (κ1) is 16.4. The number of hydrogen-bond donors (Lipinski definition) is 1. The highest BCUT2D eigenvalue weighted by molar-refractivity contribution is 7.15. The molecule has 1 unspecified atom stereocenters. The van der Waals surface area contributed by atoms with Crippen molar-refractivity contribution in [2.45, 2.75) is 52.2 Å². The summed E-state index contributed by atoms with van der Waals surface area (Å²) in [5.74, 6) is 0.456. The maximum Gasteiger partial charge on any atom is 0.255 e. The Morgan fingerprint density at radius 1 is 1.48 bits per heavy atom. The lowest BCUT2D eigenvalue weighted by Gasteiger charge is -2.26. The van der Waals surface area contributed by atoms with Crippen molar-refractivity contribution >= 4 is 28.3 Å². The summed E-state index contributed by atoms with van der Waals surface area (Å²) in [6, 6.07) is 0. The Labute approximate surface area is 140 Å². The molecular formula is C16H23N3O3S. The van der Waals surface area contributed by atoms with Gasteiger partial charge in [0.1, 0.15) is 6.10 Å². The molecule has 2 aliphatic heterocycles. The minimum Gasteiger partial charge on any atom is -0.368 e. The van der Waals surface area contributed by atoms with Crippen LogP contribution in [0.3, 0.4) is 0 Å². The second-order valence-corrected chi connectivity index (χ2v) is 7.63. The third kappa shape index (κ3) is 3.90. The lowest BCUT2D eigenvalue weighted by atomic mass is 10.1. The molecule has 6 nitrogen and oxygen atoms in total. The summed E-state index contributed by atoms with van der Waals surface area (Å²) in [4.78, 5) is 31.8. The molecule has 3 rings (SSSR count). The van der Waals surface area contributed by atoms with E-state index >= 15 is 0 Å². The van der Waals surface area contributed by atoms with E-state index in [4.69, 9.17) is 4.74 Å². The highest BCUT2D eigenvalue weighted by atomic mass is 32.1. The summed E-state index contributed by atoms with van der Waals surface area (Å²) in [5.41, 5.74) is 1.01. The van der Waals surface area contributed by atoms with Gasteiger partial charge >= 0.3 is 0 Å². The first-order valence-electron chi connectivity index (χ1n) is 8.21. The smallest absolute Gasteiger partial charge is 0.255 e. The van der Waals surface area contributed by atoms with Gasteiger partial charge < -0.3 is 9.64 Å². The number of thiazole rings is 1. The standard InChI is InChI=1S/C16H23N3O3S/c1-10(2)8-14(20)19-6-5-11-13(9-19)23-16(17-11)18-15(21)12-4-3-7-22-12/h10,12H,3-9H2,1-2H3,(H,17,18,21). The Morgan fingerprint density at radius 3 is 3.00 bits per heavy atom. The molecule has 3 heterocycles. The van der Waals surface area contributed by atoms with Crippen LogP contribution in [0.25, 0.3) is 0 Å². The Morgan fingerprint density at radius 2 is 2.30 bits per heavy atom. The van der Waals surface area contributed by atoms with E-state index in [0.717, 1.165) is 29.8 Å². The van der Waals surface area contributed by atoms with Crippen molar-refractivity contribution in [3.8, 4) is 0 Å². The molecular weight excluding hydrogens is 314 g/mol. The third-order valence-corrected chi connectivity index (χ3v) is 5.12. The van der Waals surface area contributed by atoms with Gasteiger partial charge in [0, 0.05) is 30.9 Å². The number of fused-ring (bicyclic) bond motifs is 1. The number of carbonyl (C=O) groups excluding carboxylic acids is 2. The molecule has 2 aliphatic rings. The van der Waals surface area contributed by atoms with Gasteiger partial charge in [-0.15, -0.1) is 0 Å². The molecule has 0 bridgehead atoms. The quantitative estimate of drug-likeness (QED) is 0.914. The van der Waals surface area contributed by atoms with E-state index in [0.29, 0.717) is 37.2 Å². The van der Waals surface area contributed by atoms with Crippen LogP contribution in [0.2, 0.25) is 0 Å². The van der Waals surface area contributed by atoms with E-state index in [2.05, 4.69) is 24.1 Å². The highest BCUT2D eigenvalue weighted by Gasteiger charge is 2.27. The summed E-state index contributed by atoms with van der Waals surface area (Å²) < 4.78 is 5.39. The van der Waals surface area contributed by atoms with Gasteiger partial charge in [-0.2, -0.15) is 0 Å². The van der Waals surface area contributed by atoms with Gasteiger partial charge in [-0.3, -0.25) is 14.9 Å². The van der Waals surface area contributed by atoms with Gasteiger partial charge in [-0.25, -0.2) is 4.98 Å². The van der Waals surface area contributed by atoms with Crippen molar-refractivity contribution in [2.75, 3.05) is 18.5 Å². The average molecular weight is 337 g/mol. The Bertz CT molecular complexity index is 593. The Kier molecular flexibility index (Phi) is 4.96. The van der Waals surface area contributed by atoms with Crippen molar-refractivity contribution in [1.29, 1.82) is 0 Å². The van der Waals surface area contributed by atoms with Crippen LogP contribution < -0.4 is 5.32 Å². The van der Waals surface area contributed by atoms with E-state index < -0.39 is 0 Å². The number of nitrogens with zero attached hydrogens (tertiary/aromatic N) is 2. The number of carbonyl (C=O) groups is 2. The van der Waals surface area contributed by atoms with E-state index in [1.165, 1.54) is 11.3 Å². The van der Waals surface area contributed by atoms with Crippen LogP contribution in [0, 0.1) is 5.92 Å². The van der Waals surface area contributed by atoms with Crippen LogP contribution >= 0.6 is 11.3 Å². The summed E-state index contributed by atoms with van der Waals surface area (Å²) in [6.45, 7) is 6.08. The number of amides is 2. The van der Waals surface area contributed by atoms with Gasteiger partial charge in [-0.05, 0) is 18.8 Å². The normalized spacial score (nSPS) is 20.7. The molecule has 126 valence electrons. The van der Waals surface area contributed by atoms with Crippen molar-refractivity contribution < 1.29 is 14.3 Å². The van der Waals surface area contributed by atoms with Crippen molar-refractivity contribution in [2.24, 2.45) is 5.92 Å². The monoisotopic (exact) mass is 337 g/mol. The SMILES string of the molecule is CC(C)CC(=O)N1CCc2nc(NC(=O)C3CCCO3)sc2C1. The maximum absolute atomic E-state index is 12.2. The predicted molar refractivity (Wildman–Crippen MR) is 88.3 cm³/mol. The molecule has 2 amide bonds. The van der Waals surface area contributed by atoms with Gasteiger partial charge in [0.2, 0.25) is 5.91 Å². The van der Waals surface area contributed by atoms with Crippen LogP contribution in [0.1, 0.15) is 43.7 Å². The number of nitrogens with one attached hydrogen (secondary N) is 1. The molecule has 1 saturated heterocycles. The lowest BCUT2D eigenvalue weighted by molar-refractivity contribution is -0.132. The van der Waals surface area contributed by atoms with Crippen LogP contribution in [-0.4, -0.2) is 41.0 Å². The van der Waals surface area contributed by atoms with Crippen LogP contribution in [0.15, 0.2) is 0 Å². The second-order valence-electron chi connectivity index (χ2n) is 6.54. The fourth-order valence-corrected chi connectivity index (χ4v) is 3.94. The molecule has 1 N–H and O–H groups in total. The van der Waals surface area contributed by atoms with E-state index in [1.807, 2.05) is 4.90 Å². The first-order valence-corrected chi connectivity index (χ1v) is 9.03. The number of ether oxygens (including phenoxy) is 1. The van der Waals surface area contributed by atoms with Gasteiger partial charge in [-0.1, -0.05) is 25.2 Å². The van der Waals surface area contributed by atoms with E-state index in [1.54, 1.807) is 0 Å². The van der Waals surface area contributed by atoms with Crippen LogP contribution in [0.5, 0.6) is 0 Å². The average Bonchev–Trinajstić information content (AvgIpc) is 3.14. The second kappa shape index (κ2) is 6.97. The molecule has 1 atom stereocenters. The Balaban J connectivity index is 1.62. The maximum atomic E-state index is 12.2. The molecule has 0 spiro atoms. The predicted octanol–water partition coefficient (Wildman–Crippen LogP) is 2.19. The fourth-order valence-electron chi connectivity index (χ4n) is 2.91. The van der Waals surface area contributed by atoms with Gasteiger partial charge in [0.05, 0.1) is 12.2 Å². The Hall–Kier alpha value is -1.47. The lowest BCUT2D eigenvalue weighted by Crippen LogP contribution is -2.36. The molecule has 23 heavy (non-hydrogen) atoms. The van der Waals surface area contributed by atoms with Gasteiger partial charge in [0.15, 0.2) is 5.13 Å². The number of hydrogen-bond acceptors (Lipinski definition) is 5. The summed E-state index contributed by atoms with van der Waals surface area (Å²) >= 11 is 1.47. The van der Waals surface area contributed by atoms with Crippen LogP contribution in [-0.2, 0) is 27.3 Å². The first-order chi connectivity index (χ1) is 11.0. The number of rotatable bonds is 4. The van der Waals surface area contributed by atoms with Crippen molar-refractivity contribution in [3.63, 3.8) is 0 Å². The molecule has 1 fully saturated rings. The zero-order valence-corrected chi connectivity index (χ0v) is 14.4.